The molecule has 0 bridgehead atoms. The Morgan fingerprint density at radius 1 is 1.23 bits per heavy atom. The lowest BCUT2D eigenvalue weighted by Crippen LogP contribution is -2.45. The fraction of sp³-hybridized carbons (Fsp3) is 0.526. The molecule has 26 heavy (non-hydrogen) atoms. The minimum absolute atomic E-state index is 0.0698. The Labute approximate surface area is 152 Å². The molecule has 2 heterocycles. The van der Waals surface area contributed by atoms with Crippen LogP contribution < -0.4 is 4.74 Å². The smallest absolute Gasteiger partial charge is 0.309 e. The first-order valence-electron chi connectivity index (χ1n) is 8.95. The summed E-state index contributed by atoms with van der Waals surface area (Å²) in [5.74, 6) is 0.418. The molecule has 1 amide bonds. The third kappa shape index (κ3) is 3.98. The van der Waals surface area contributed by atoms with E-state index in [9.17, 15) is 9.59 Å². The van der Waals surface area contributed by atoms with Crippen LogP contribution in [0.15, 0.2) is 29.4 Å². The molecule has 0 radical (unpaired) electrons. The van der Waals surface area contributed by atoms with Gasteiger partial charge in [0.1, 0.15) is 5.75 Å². The Kier molecular flexibility index (Phi) is 5.75. The van der Waals surface area contributed by atoms with Crippen LogP contribution in [0.1, 0.15) is 31.7 Å². The Bertz CT molecular complexity index is 678. The number of ether oxygens (including phenoxy) is 2. The van der Waals surface area contributed by atoms with Gasteiger partial charge in [-0.3, -0.25) is 9.59 Å². The van der Waals surface area contributed by atoms with Crippen molar-refractivity contribution in [1.82, 2.24) is 4.90 Å². The average molecular weight is 360 g/mol. The fourth-order valence-electron chi connectivity index (χ4n) is 3.26. The fourth-order valence-corrected chi connectivity index (χ4v) is 3.26. The van der Waals surface area contributed by atoms with Gasteiger partial charge in [-0.05, 0) is 49.6 Å². The number of carbonyl (C=O) groups is 2. The number of amides is 1. The molecule has 1 aromatic carbocycles. The molecule has 2 aliphatic heterocycles. The van der Waals surface area contributed by atoms with Crippen molar-refractivity contribution in [2.75, 3.05) is 26.8 Å². The number of piperidine rings is 1. The van der Waals surface area contributed by atoms with Crippen LogP contribution in [-0.4, -0.2) is 55.4 Å². The Hall–Kier alpha value is -2.57. The second-order valence-electron chi connectivity index (χ2n) is 6.42. The van der Waals surface area contributed by atoms with E-state index in [0.717, 1.165) is 17.0 Å². The summed E-state index contributed by atoms with van der Waals surface area (Å²) in [5.41, 5.74) is 1.68. The minimum atomic E-state index is -0.591. The number of hydrogen-bond donors (Lipinski definition) is 0. The number of methoxy groups -OCH3 is 1. The summed E-state index contributed by atoms with van der Waals surface area (Å²) in [6.45, 7) is 3.27. The van der Waals surface area contributed by atoms with Crippen LogP contribution >= 0.6 is 0 Å². The number of benzene rings is 1. The van der Waals surface area contributed by atoms with E-state index < -0.39 is 6.10 Å². The lowest BCUT2D eigenvalue weighted by molar-refractivity contribution is -0.153. The normalized spacial score (nSPS) is 20.3. The first kappa shape index (κ1) is 18.2. The van der Waals surface area contributed by atoms with Gasteiger partial charge in [0.05, 0.1) is 25.3 Å². The summed E-state index contributed by atoms with van der Waals surface area (Å²) >= 11 is 0. The SMILES string of the molecule is CCOC(=O)C1CCN(C(=O)[C@H]2CC(c3ccc(OC)cc3)=NO2)CC1. The number of hydrogen-bond acceptors (Lipinski definition) is 6. The van der Waals surface area contributed by atoms with Crippen LogP contribution in [0.2, 0.25) is 0 Å². The van der Waals surface area contributed by atoms with Gasteiger partial charge in [-0.2, -0.15) is 0 Å². The van der Waals surface area contributed by atoms with Crippen LogP contribution in [0.25, 0.3) is 0 Å². The Morgan fingerprint density at radius 2 is 1.92 bits per heavy atom. The van der Waals surface area contributed by atoms with Crippen molar-refractivity contribution in [2.24, 2.45) is 11.1 Å². The Balaban J connectivity index is 1.52. The van der Waals surface area contributed by atoms with E-state index in [1.54, 1.807) is 18.9 Å². The van der Waals surface area contributed by atoms with E-state index in [1.807, 2.05) is 24.3 Å². The number of oxime groups is 1. The monoisotopic (exact) mass is 360 g/mol. The van der Waals surface area contributed by atoms with Gasteiger partial charge in [0.15, 0.2) is 0 Å². The highest BCUT2D eigenvalue weighted by atomic mass is 16.6. The largest absolute Gasteiger partial charge is 0.497 e. The highest BCUT2D eigenvalue weighted by Gasteiger charge is 2.35. The molecule has 0 spiro atoms. The maximum atomic E-state index is 12.7. The first-order chi connectivity index (χ1) is 12.6. The van der Waals surface area contributed by atoms with Gasteiger partial charge in [0.25, 0.3) is 5.91 Å². The lowest BCUT2D eigenvalue weighted by Gasteiger charge is -2.31. The predicted molar refractivity (Wildman–Crippen MR) is 95.0 cm³/mol. The molecular weight excluding hydrogens is 336 g/mol. The maximum Gasteiger partial charge on any atom is 0.309 e. The molecule has 7 heteroatoms. The summed E-state index contributed by atoms with van der Waals surface area (Å²) in [5, 5.41) is 4.08. The first-order valence-corrected chi connectivity index (χ1v) is 8.95. The van der Waals surface area contributed by atoms with Crippen LogP contribution in [0, 0.1) is 5.92 Å². The van der Waals surface area contributed by atoms with E-state index in [2.05, 4.69) is 5.16 Å². The van der Waals surface area contributed by atoms with E-state index in [-0.39, 0.29) is 17.8 Å². The number of carbonyl (C=O) groups excluding carboxylic acids is 2. The molecule has 0 N–H and O–H groups in total. The Morgan fingerprint density at radius 3 is 2.54 bits per heavy atom. The molecule has 7 nitrogen and oxygen atoms in total. The van der Waals surface area contributed by atoms with Crippen LogP contribution in [0.3, 0.4) is 0 Å². The van der Waals surface area contributed by atoms with Gasteiger partial charge in [-0.25, -0.2) is 0 Å². The van der Waals surface area contributed by atoms with Crippen molar-refractivity contribution in [3.05, 3.63) is 29.8 Å². The molecule has 140 valence electrons. The summed E-state index contributed by atoms with van der Waals surface area (Å²) in [7, 11) is 1.62. The van der Waals surface area contributed by atoms with E-state index >= 15 is 0 Å². The van der Waals surface area contributed by atoms with Crippen molar-refractivity contribution < 1.29 is 23.9 Å². The predicted octanol–water partition coefficient (Wildman–Crippen LogP) is 1.99. The molecule has 0 aromatic heterocycles. The maximum absolute atomic E-state index is 12.7. The summed E-state index contributed by atoms with van der Waals surface area (Å²) in [4.78, 5) is 31.6. The minimum Gasteiger partial charge on any atom is -0.497 e. The number of likely N-dealkylation sites (tertiary alicyclic amines) is 1. The molecule has 2 aliphatic rings. The topological polar surface area (TPSA) is 77.4 Å². The average Bonchev–Trinajstić information content (AvgIpc) is 3.18. The highest BCUT2D eigenvalue weighted by molar-refractivity contribution is 6.04. The molecule has 0 unspecified atom stereocenters. The third-order valence-corrected chi connectivity index (χ3v) is 4.79. The van der Waals surface area contributed by atoms with Crippen molar-refractivity contribution in [2.45, 2.75) is 32.3 Å². The zero-order valence-electron chi connectivity index (χ0n) is 15.1. The highest BCUT2D eigenvalue weighted by Crippen LogP contribution is 2.24. The van der Waals surface area contributed by atoms with Gasteiger partial charge in [-0.1, -0.05) is 5.16 Å². The van der Waals surface area contributed by atoms with Gasteiger partial charge >= 0.3 is 5.97 Å². The van der Waals surface area contributed by atoms with Gasteiger partial charge in [0.2, 0.25) is 6.10 Å². The molecular formula is C19H24N2O5. The van der Waals surface area contributed by atoms with Crippen LogP contribution in [0.4, 0.5) is 0 Å². The number of nitrogens with zero attached hydrogens (tertiary/aromatic N) is 2. The summed E-state index contributed by atoms with van der Waals surface area (Å²) in [6.07, 6.45) is 1.11. The van der Waals surface area contributed by atoms with Gasteiger partial charge in [-0.15, -0.1) is 0 Å². The van der Waals surface area contributed by atoms with Gasteiger partial charge < -0.3 is 19.2 Å². The van der Waals surface area contributed by atoms with E-state index in [1.165, 1.54) is 0 Å². The van der Waals surface area contributed by atoms with Crippen molar-refractivity contribution >= 4 is 17.6 Å². The molecule has 0 aliphatic carbocycles. The molecule has 1 aromatic rings. The number of rotatable bonds is 5. The third-order valence-electron chi connectivity index (χ3n) is 4.79. The number of esters is 1. The van der Waals surface area contributed by atoms with Crippen molar-refractivity contribution in [1.29, 1.82) is 0 Å². The zero-order valence-corrected chi connectivity index (χ0v) is 15.1. The van der Waals surface area contributed by atoms with E-state index in [0.29, 0.717) is 39.0 Å². The lowest BCUT2D eigenvalue weighted by atomic mass is 9.96. The molecule has 1 atom stereocenters. The van der Waals surface area contributed by atoms with E-state index in [4.69, 9.17) is 14.3 Å². The van der Waals surface area contributed by atoms with Crippen LogP contribution in [0.5, 0.6) is 5.75 Å². The molecule has 1 fully saturated rings. The molecule has 0 saturated carbocycles. The van der Waals surface area contributed by atoms with Gasteiger partial charge in [0, 0.05) is 19.5 Å². The second kappa shape index (κ2) is 8.21. The zero-order chi connectivity index (χ0) is 18.5. The van der Waals surface area contributed by atoms with Crippen LogP contribution in [-0.2, 0) is 19.2 Å². The summed E-state index contributed by atoms with van der Waals surface area (Å²) < 4.78 is 10.2. The molecule has 1 saturated heterocycles. The summed E-state index contributed by atoms with van der Waals surface area (Å²) in [6, 6.07) is 7.51. The van der Waals surface area contributed by atoms with Crippen molar-refractivity contribution in [3.8, 4) is 5.75 Å². The van der Waals surface area contributed by atoms with Crippen molar-refractivity contribution in [3.63, 3.8) is 0 Å². The quantitative estimate of drug-likeness (QED) is 0.751. The standard InChI is InChI=1S/C19H24N2O5/c1-3-25-19(23)14-8-10-21(11-9-14)18(22)17-12-16(20-26-17)13-4-6-15(24-2)7-5-13/h4-7,14,17H,3,8-12H2,1-2H3/t17-/m1/s1. The molecule has 3 rings (SSSR count). The second-order valence-corrected chi connectivity index (χ2v) is 6.42.